The summed E-state index contributed by atoms with van der Waals surface area (Å²) in [5.41, 5.74) is 5.01. The smallest absolute Gasteiger partial charge is 0.343 e. The van der Waals surface area contributed by atoms with Gasteiger partial charge in [0.15, 0.2) is 0 Å². The number of carbonyl (C=O) groups is 2. The van der Waals surface area contributed by atoms with E-state index in [0.717, 1.165) is 46.3 Å². The fourth-order valence-electron chi connectivity index (χ4n) is 6.63. The van der Waals surface area contributed by atoms with Gasteiger partial charge >= 0.3 is 11.9 Å². The molecule has 1 N–H and O–H groups in total. The van der Waals surface area contributed by atoms with E-state index in [1.54, 1.807) is 14.0 Å². The molecule has 2 aliphatic carbocycles. The van der Waals surface area contributed by atoms with E-state index in [0.29, 0.717) is 30.2 Å². The standard InChI is InChI=1S/C30H31NO5/c1-17(2)36-28(32)19-9-11-22-25(13-19)31-16-30(29(33)34)15-24(30)23-14-20(35-3)10-12-21(23)27(31)26(22)18-7-5-4-6-8-18/h9-14,18,24H,1,4-8,15-16H2,2-3H3,(H,33,34). The van der Waals surface area contributed by atoms with Gasteiger partial charge in [-0.15, -0.1) is 0 Å². The highest BCUT2D eigenvalue weighted by atomic mass is 16.5. The first-order valence-corrected chi connectivity index (χ1v) is 12.8. The Bertz CT molecular complexity index is 1430. The average Bonchev–Trinajstić information content (AvgIpc) is 3.55. The minimum atomic E-state index is -0.865. The largest absolute Gasteiger partial charge is 0.497 e. The molecule has 1 aromatic heterocycles. The molecule has 0 amide bonds. The lowest BCUT2D eigenvalue weighted by Gasteiger charge is -2.24. The summed E-state index contributed by atoms with van der Waals surface area (Å²) in [4.78, 5) is 25.4. The molecule has 0 radical (unpaired) electrons. The number of nitrogens with zero attached hydrogens (tertiary/aromatic N) is 1. The van der Waals surface area contributed by atoms with Crippen molar-refractivity contribution in [3.05, 3.63) is 65.4 Å². The van der Waals surface area contributed by atoms with Crippen molar-refractivity contribution in [3.63, 3.8) is 0 Å². The molecule has 0 spiro atoms. The van der Waals surface area contributed by atoms with Gasteiger partial charge in [0.25, 0.3) is 0 Å². The van der Waals surface area contributed by atoms with Crippen LogP contribution >= 0.6 is 0 Å². The first kappa shape index (κ1) is 22.9. The van der Waals surface area contributed by atoms with E-state index in [1.807, 2.05) is 30.3 Å². The highest BCUT2D eigenvalue weighted by Gasteiger charge is 2.63. The highest BCUT2D eigenvalue weighted by Crippen LogP contribution is 2.65. The number of fused-ring (bicyclic) bond motifs is 7. The van der Waals surface area contributed by atoms with Crippen molar-refractivity contribution in [3.8, 4) is 17.0 Å². The van der Waals surface area contributed by atoms with Crippen LogP contribution in [0.4, 0.5) is 0 Å². The Morgan fingerprint density at radius 2 is 1.89 bits per heavy atom. The van der Waals surface area contributed by atoms with Crippen LogP contribution in [0, 0.1) is 5.41 Å². The zero-order valence-corrected chi connectivity index (χ0v) is 20.8. The van der Waals surface area contributed by atoms with Gasteiger partial charge in [-0.05, 0) is 73.6 Å². The number of hydrogen-bond donors (Lipinski definition) is 1. The van der Waals surface area contributed by atoms with Crippen LogP contribution in [0.25, 0.3) is 22.2 Å². The van der Waals surface area contributed by atoms with Gasteiger partial charge in [-0.2, -0.15) is 0 Å². The molecule has 2 unspecified atom stereocenters. The van der Waals surface area contributed by atoms with Crippen molar-refractivity contribution in [2.24, 2.45) is 5.41 Å². The van der Waals surface area contributed by atoms with Crippen molar-refractivity contribution in [2.75, 3.05) is 7.11 Å². The van der Waals surface area contributed by atoms with Crippen molar-refractivity contribution < 1.29 is 24.2 Å². The number of allylic oxidation sites excluding steroid dienone is 1. The molecule has 2 heterocycles. The molecule has 2 saturated carbocycles. The maximum atomic E-state index is 12.8. The van der Waals surface area contributed by atoms with Crippen molar-refractivity contribution in [2.45, 2.75) is 63.8 Å². The second-order valence-corrected chi connectivity index (χ2v) is 10.7. The summed E-state index contributed by atoms with van der Waals surface area (Å²) < 4.78 is 13.0. The van der Waals surface area contributed by atoms with Gasteiger partial charge in [0.2, 0.25) is 0 Å². The first-order valence-electron chi connectivity index (χ1n) is 12.8. The highest BCUT2D eigenvalue weighted by molar-refractivity contribution is 6.00. The molecule has 2 atom stereocenters. The monoisotopic (exact) mass is 485 g/mol. The van der Waals surface area contributed by atoms with E-state index in [1.165, 1.54) is 24.8 Å². The topological polar surface area (TPSA) is 77.8 Å². The molecule has 6 rings (SSSR count). The van der Waals surface area contributed by atoms with E-state index >= 15 is 0 Å². The van der Waals surface area contributed by atoms with Gasteiger partial charge in [-0.3, -0.25) is 4.79 Å². The lowest BCUT2D eigenvalue weighted by Crippen LogP contribution is -2.22. The third-order valence-corrected chi connectivity index (χ3v) is 8.45. The summed E-state index contributed by atoms with van der Waals surface area (Å²) in [6.07, 6.45) is 6.46. The SMILES string of the molecule is C=C(C)OC(=O)c1ccc2c(C3CCCCC3)c3n(c2c1)CC1(C(=O)O)CC1c1cc(OC)ccc1-3. The molecule has 6 heteroatoms. The van der Waals surface area contributed by atoms with Gasteiger partial charge in [-0.25, -0.2) is 4.79 Å². The van der Waals surface area contributed by atoms with Crippen LogP contribution in [0.5, 0.6) is 5.75 Å². The van der Waals surface area contributed by atoms with Crippen LogP contribution in [-0.2, 0) is 16.1 Å². The Hall–Kier alpha value is -3.54. The number of ether oxygens (including phenoxy) is 2. The summed E-state index contributed by atoms with van der Waals surface area (Å²) in [6.45, 7) is 5.72. The number of hydrogen-bond acceptors (Lipinski definition) is 4. The van der Waals surface area contributed by atoms with Crippen LogP contribution in [0.15, 0.2) is 48.7 Å². The Balaban J connectivity index is 1.65. The third-order valence-electron chi connectivity index (χ3n) is 8.45. The molecular formula is C30H31NO5. The van der Waals surface area contributed by atoms with Crippen LogP contribution in [0.1, 0.15) is 78.8 Å². The summed E-state index contributed by atoms with van der Waals surface area (Å²) in [5.74, 6) is 0.198. The number of esters is 1. The van der Waals surface area contributed by atoms with Gasteiger partial charge in [0, 0.05) is 28.9 Å². The quantitative estimate of drug-likeness (QED) is 0.324. The lowest BCUT2D eigenvalue weighted by molar-refractivity contribution is -0.144. The van der Waals surface area contributed by atoms with Gasteiger partial charge < -0.3 is 19.1 Å². The normalized spacial score (nSPS) is 22.7. The second-order valence-electron chi connectivity index (χ2n) is 10.7. The first-order chi connectivity index (χ1) is 17.3. The zero-order chi connectivity index (χ0) is 25.2. The van der Waals surface area contributed by atoms with Crippen LogP contribution < -0.4 is 4.74 Å². The lowest BCUT2D eigenvalue weighted by atomic mass is 9.81. The van der Waals surface area contributed by atoms with Crippen molar-refractivity contribution in [1.82, 2.24) is 4.57 Å². The summed E-state index contributed by atoms with van der Waals surface area (Å²) >= 11 is 0. The zero-order valence-electron chi connectivity index (χ0n) is 20.8. The van der Waals surface area contributed by atoms with Crippen molar-refractivity contribution in [1.29, 1.82) is 0 Å². The molecule has 1 aliphatic heterocycles. The van der Waals surface area contributed by atoms with E-state index in [-0.39, 0.29) is 5.92 Å². The number of aliphatic carboxylic acids is 1. The molecule has 6 nitrogen and oxygen atoms in total. The van der Waals surface area contributed by atoms with E-state index in [4.69, 9.17) is 9.47 Å². The molecular weight excluding hydrogens is 454 g/mol. The summed E-state index contributed by atoms with van der Waals surface area (Å²) in [7, 11) is 1.64. The number of rotatable bonds is 5. The predicted octanol–water partition coefficient (Wildman–Crippen LogP) is 6.63. The number of methoxy groups -OCH3 is 1. The van der Waals surface area contributed by atoms with E-state index in [9.17, 15) is 14.7 Å². The molecule has 2 fully saturated rings. The van der Waals surface area contributed by atoms with Gasteiger partial charge in [-0.1, -0.05) is 31.9 Å². The fourth-order valence-corrected chi connectivity index (χ4v) is 6.63. The van der Waals surface area contributed by atoms with Crippen LogP contribution in [0.3, 0.4) is 0 Å². The maximum absolute atomic E-state index is 12.8. The molecule has 0 saturated heterocycles. The second kappa shape index (κ2) is 8.26. The van der Waals surface area contributed by atoms with Crippen molar-refractivity contribution >= 4 is 22.8 Å². The Kier molecular flexibility index (Phi) is 5.25. The average molecular weight is 486 g/mol. The number of benzene rings is 2. The molecule has 2 aromatic carbocycles. The number of carboxylic acid groups (broad SMARTS) is 1. The third kappa shape index (κ3) is 3.38. The van der Waals surface area contributed by atoms with Crippen LogP contribution in [0.2, 0.25) is 0 Å². The summed E-state index contributed by atoms with van der Waals surface area (Å²) in [5, 5.41) is 11.5. The van der Waals surface area contributed by atoms with Gasteiger partial charge in [0.1, 0.15) is 5.75 Å². The Morgan fingerprint density at radius 3 is 2.58 bits per heavy atom. The molecule has 0 bridgehead atoms. The number of carboxylic acids is 1. The number of carbonyl (C=O) groups excluding carboxylic acids is 1. The minimum Gasteiger partial charge on any atom is -0.497 e. The molecule has 36 heavy (non-hydrogen) atoms. The van der Waals surface area contributed by atoms with Crippen LogP contribution in [-0.4, -0.2) is 28.7 Å². The van der Waals surface area contributed by atoms with E-state index in [2.05, 4.69) is 17.2 Å². The number of aromatic nitrogens is 1. The minimum absolute atomic E-state index is 0.0641. The summed E-state index contributed by atoms with van der Waals surface area (Å²) in [6, 6.07) is 11.8. The Morgan fingerprint density at radius 1 is 1.11 bits per heavy atom. The molecule has 3 aliphatic rings. The fraction of sp³-hybridized carbons (Fsp3) is 0.400. The maximum Gasteiger partial charge on any atom is 0.343 e. The van der Waals surface area contributed by atoms with E-state index < -0.39 is 17.4 Å². The molecule has 3 aromatic rings. The van der Waals surface area contributed by atoms with Gasteiger partial charge in [0.05, 0.1) is 29.5 Å². The predicted molar refractivity (Wildman–Crippen MR) is 137 cm³/mol. The molecule has 186 valence electrons. The Labute approximate surface area is 210 Å².